The minimum Gasteiger partial charge on any atom is -0.374 e. The standard InChI is InChI=1S/C14H27NO/c1-12(2)15-10-11-16-14-7-4-13(3,5-8-14)6-9-14/h12,15H,4-11H2,1-3H3. The fourth-order valence-corrected chi connectivity index (χ4v) is 3.17. The summed E-state index contributed by atoms with van der Waals surface area (Å²) in [5, 5.41) is 3.42. The zero-order valence-corrected chi connectivity index (χ0v) is 11.1. The molecule has 1 N–H and O–H groups in total. The van der Waals surface area contributed by atoms with Crippen molar-refractivity contribution in [3.05, 3.63) is 0 Å². The summed E-state index contributed by atoms with van der Waals surface area (Å²) in [6.45, 7) is 8.71. The number of nitrogens with one attached hydrogen (secondary N) is 1. The molecule has 0 aliphatic heterocycles. The number of hydrogen-bond acceptors (Lipinski definition) is 2. The molecular weight excluding hydrogens is 198 g/mol. The Labute approximate surface area is 100 Å². The van der Waals surface area contributed by atoms with E-state index in [1.807, 2.05) is 0 Å². The van der Waals surface area contributed by atoms with Crippen molar-refractivity contribution in [1.29, 1.82) is 0 Å². The summed E-state index contributed by atoms with van der Waals surface area (Å²) in [5.74, 6) is 0. The summed E-state index contributed by atoms with van der Waals surface area (Å²) in [6, 6.07) is 0.571. The third-order valence-corrected chi connectivity index (χ3v) is 4.62. The Bertz CT molecular complexity index is 212. The molecular formula is C14H27NO. The van der Waals surface area contributed by atoms with Crippen LogP contribution in [0.1, 0.15) is 59.3 Å². The van der Waals surface area contributed by atoms with E-state index in [2.05, 4.69) is 26.1 Å². The fourth-order valence-electron chi connectivity index (χ4n) is 3.17. The van der Waals surface area contributed by atoms with Gasteiger partial charge in [-0.1, -0.05) is 20.8 Å². The first-order valence-corrected chi connectivity index (χ1v) is 6.91. The second-order valence-corrected chi connectivity index (χ2v) is 6.45. The number of hydrogen-bond donors (Lipinski definition) is 1. The van der Waals surface area contributed by atoms with Gasteiger partial charge in [0.05, 0.1) is 12.2 Å². The molecule has 2 heteroatoms. The molecule has 2 nitrogen and oxygen atoms in total. The minimum atomic E-state index is 0.260. The highest BCUT2D eigenvalue weighted by Crippen LogP contribution is 2.53. The molecule has 0 unspecified atom stereocenters. The van der Waals surface area contributed by atoms with Gasteiger partial charge in [-0.15, -0.1) is 0 Å². The highest BCUT2D eigenvalue weighted by molar-refractivity contribution is 4.98. The molecule has 3 rings (SSSR count). The van der Waals surface area contributed by atoms with Gasteiger partial charge in [0.2, 0.25) is 0 Å². The van der Waals surface area contributed by atoms with Crippen LogP contribution in [0, 0.1) is 5.41 Å². The molecule has 94 valence electrons. The van der Waals surface area contributed by atoms with Crippen LogP contribution in [0.25, 0.3) is 0 Å². The van der Waals surface area contributed by atoms with Crippen LogP contribution in [0.2, 0.25) is 0 Å². The molecule has 3 fully saturated rings. The van der Waals surface area contributed by atoms with Crippen LogP contribution >= 0.6 is 0 Å². The first kappa shape index (κ1) is 12.4. The van der Waals surface area contributed by atoms with Gasteiger partial charge in [-0.05, 0) is 43.9 Å². The number of ether oxygens (including phenoxy) is 1. The first-order chi connectivity index (χ1) is 7.54. The quantitative estimate of drug-likeness (QED) is 0.726. The van der Waals surface area contributed by atoms with Gasteiger partial charge in [0.25, 0.3) is 0 Å². The van der Waals surface area contributed by atoms with E-state index in [0.29, 0.717) is 11.5 Å². The molecule has 0 spiro atoms. The molecule has 3 aliphatic carbocycles. The smallest absolute Gasteiger partial charge is 0.0683 e. The van der Waals surface area contributed by atoms with Crippen molar-refractivity contribution in [3.8, 4) is 0 Å². The Kier molecular flexibility index (Phi) is 3.60. The Morgan fingerprint density at radius 2 is 1.62 bits per heavy atom. The van der Waals surface area contributed by atoms with E-state index in [9.17, 15) is 0 Å². The summed E-state index contributed by atoms with van der Waals surface area (Å²) in [5.41, 5.74) is 0.914. The van der Waals surface area contributed by atoms with Crippen LogP contribution in [0.3, 0.4) is 0 Å². The van der Waals surface area contributed by atoms with E-state index in [4.69, 9.17) is 4.74 Å². The fraction of sp³-hybridized carbons (Fsp3) is 1.00. The van der Waals surface area contributed by atoms with Crippen molar-refractivity contribution in [2.24, 2.45) is 5.41 Å². The van der Waals surface area contributed by atoms with Gasteiger partial charge >= 0.3 is 0 Å². The Hall–Kier alpha value is -0.0800. The van der Waals surface area contributed by atoms with Crippen molar-refractivity contribution >= 4 is 0 Å². The van der Waals surface area contributed by atoms with Crippen LogP contribution in [0.5, 0.6) is 0 Å². The molecule has 3 saturated carbocycles. The Morgan fingerprint density at radius 1 is 1.06 bits per heavy atom. The van der Waals surface area contributed by atoms with Crippen molar-refractivity contribution in [3.63, 3.8) is 0 Å². The lowest BCUT2D eigenvalue weighted by Gasteiger charge is -2.51. The summed E-state index contributed by atoms with van der Waals surface area (Å²) in [7, 11) is 0. The Morgan fingerprint density at radius 3 is 2.12 bits per heavy atom. The summed E-state index contributed by atoms with van der Waals surface area (Å²) in [4.78, 5) is 0. The molecule has 3 aliphatic rings. The Balaban J connectivity index is 1.73. The van der Waals surface area contributed by atoms with Crippen LogP contribution < -0.4 is 5.32 Å². The highest BCUT2D eigenvalue weighted by Gasteiger charge is 2.46. The molecule has 0 heterocycles. The molecule has 2 bridgehead atoms. The maximum absolute atomic E-state index is 6.19. The van der Waals surface area contributed by atoms with Crippen molar-refractivity contribution in [2.75, 3.05) is 13.2 Å². The zero-order valence-electron chi connectivity index (χ0n) is 11.1. The zero-order chi connectivity index (χ0) is 11.6. The van der Waals surface area contributed by atoms with E-state index in [0.717, 1.165) is 13.2 Å². The summed E-state index contributed by atoms with van der Waals surface area (Å²) >= 11 is 0. The average molecular weight is 225 g/mol. The third kappa shape index (κ3) is 2.78. The van der Waals surface area contributed by atoms with Gasteiger partial charge in [0.15, 0.2) is 0 Å². The monoisotopic (exact) mass is 225 g/mol. The predicted octanol–water partition coefficient (Wildman–Crippen LogP) is 3.11. The average Bonchev–Trinajstić information content (AvgIpc) is 2.27. The van der Waals surface area contributed by atoms with Gasteiger partial charge in [-0.25, -0.2) is 0 Å². The molecule has 0 aromatic carbocycles. The molecule has 0 aromatic rings. The lowest BCUT2D eigenvalue weighted by Crippen LogP contribution is -2.47. The summed E-state index contributed by atoms with van der Waals surface area (Å²) < 4.78 is 6.19. The lowest BCUT2D eigenvalue weighted by atomic mass is 9.59. The minimum absolute atomic E-state index is 0.260. The van der Waals surface area contributed by atoms with Crippen molar-refractivity contribution in [1.82, 2.24) is 5.32 Å². The van der Waals surface area contributed by atoms with Crippen molar-refractivity contribution < 1.29 is 4.74 Å². The molecule has 0 saturated heterocycles. The summed E-state index contributed by atoms with van der Waals surface area (Å²) in [6.07, 6.45) is 8.03. The SMILES string of the molecule is CC(C)NCCOC12CCC(C)(CC1)CC2. The normalized spacial score (nSPS) is 38.2. The maximum Gasteiger partial charge on any atom is 0.0683 e. The maximum atomic E-state index is 6.19. The van der Waals surface area contributed by atoms with E-state index in [1.165, 1.54) is 38.5 Å². The van der Waals surface area contributed by atoms with E-state index in [1.54, 1.807) is 0 Å². The van der Waals surface area contributed by atoms with Gasteiger partial charge in [0, 0.05) is 12.6 Å². The molecule has 0 amide bonds. The second kappa shape index (κ2) is 4.66. The van der Waals surface area contributed by atoms with Gasteiger partial charge in [-0.3, -0.25) is 0 Å². The topological polar surface area (TPSA) is 21.3 Å². The van der Waals surface area contributed by atoms with Crippen LogP contribution in [-0.4, -0.2) is 24.8 Å². The third-order valence-electron chi connectivity index (χ3n) is 4.62. The molecule has 0 radical (unpaired) electrons. The van der Waals surface area contributed by atoms with Gasteiger partial charge in [-0.2, -0.15) is 0 Å². The molecule has 0 aromatic heterocycles. The first-order valence-electron chi connectivity index (χ1n) is 6.91. The molecule has 16 heavy (non-hydrogen) atoms. The van der Waals surface area contributed by atoms with Crippen LogP contribution in [0.15, 0.2) is 0 Å². The van der Waals surface area contributed by atoms with Gasteiger partial charge in [0.1, 0.15) is 0 Å². The highest BCUT2D eigenvalue weighted by atomic mass is 16.5. The van der Waals surface area contributed by atoms with Gasteiger partial charge < -0.3 is 10.1 Å². The van der Waals surface area contributed by atoms with E-state index < -0.39 is 0 Å². The molecule has 0 atom stereocenters. The number of fused-ring (bicyclic) bond motifs is 3. The number of rotatable bonds is 5. The van der Waals surface area contributed by atoms with Crippen molar-refractivity contribution in [2.45, 2.75) is 70.9 Å². The van der Waals surface area contributed by atoms with Crippen LogP contribution in [-0.2, 0) is 4.74 Å². The predicted molar refractivity (Wildman–Crippen MR) is 67.6 cm³/mol. The van der Waals surface area contributed by atoms with E-state index in [-0.39, 0.29) is 5.60 Å². The largest absolute Gasteiger partial charge is 0.374 e. The van der Waals surface area contributed by atoms with Crippen LogP contribution in [0.4, 0.5) is 0 Å². The van der Waals surface area contributed by atoms with E-state index >= 15 is 0 Å². The lowest BCUT2D eigenvalue weighted by molar-refractivity contribution is -0.131. The second-order valence-electron chi connectivity index (χ2n) is 6.45.